The van der Waals surface area contributed by atoms with Crippen molar-refractivity contribution in [3.8, 4) is 0 Å². The van der Waals surface area contributed by atoms with Crippen molar-refractivity contribution < 1.29 is 4.74 Å². The highest BCUT2D eigenvalue weighted by molar-refractivity contribution is 7.18. The van der Waals surface area contributed by atoms with Gasteiger partial charge in [0.2, 0.25) is 0 Å². The molecule has 1 unspecified atom stereocenters. The van der Waals surface area contributed by atoms with Crippen molar-refractivity contribution in [2.24, 2.45) is 0 Å². The van der Waals surface area contributed by atoms with Gasteiger partial charge in [-0.2, -0.15) is 0 Å². The van der Waals surface area contributed by atoms with Gasteiger partial charge in [0, 0.05) is 11.5 Å². The van der Waals surface area contributed by atoms with Crippen LogP contribution in [-0.4, -0.2) is 16.6 Å². The van der Waals surface area contributed by atoms with Crippen molar-refractivity contribution >= 4 is 33.2 Å². The van der Waals surface area contributed by atoms with Gasteiger partial charge in [-0.05, 0) is 32.8 Å². The fraction of sp³-hybridized carbons (Fsp3) is 0.571. The van der Waals surface area contributed by atoms with Crippen LogP contribution in [0.3, 0.4) is 0 Å². The van der Waals surface area contributed by atoms with E-state index in [0.29, 0.717) is 17.6 Å². The SMILES string of the molecule is CCCC(OCC)c1nc(Cl)c2c(C)c(C)sc2n1. The van der Waals surface area contributed by atoms with Gasteiger partial charge >= 0.3 is 0 Å². The number of hydrogen-bond acceptors (Lipinski definition) is 4. The van der Waals surface area contributed by atoms with Crippen LogP contribution < -0.4 is 0 Å². The van der Waals surface area contributed by atoms with E-state index in [1.807, 2.05) is 6.92 Å². The predicted molar refractivity (Wildman–Crippen MR) is 81.2 cm³/mol. The lowest BCUT2D eigenvalue weighted by Gasteiger charge is -2.15. The monoisotopic (exact) mass is 298 g/mol. The summed E-state index contributed by atoms with van der Waals surface area (Å²) in [5, 5.41) is 1.53. The quantitative estimate of drug-likeness (QED) is 0.741. The minimum absolute atomic E-state index is 0.0559. The molecule has 0 aromatic carbocycles. The van der Waals surface area contributed by atoms with Crippen LogP contribution in [0.5, 0.6) is 0 Å². The van der Waals surface area contributed by atoms with E-state index in [4.69, 9.17) is 16.3 Å². The smallest absolute Gasteiger partial charge is 0.160 e. The summed E-state index contributed by atoms with van der Waals surface area (Å²) in [5.74, 6) is 0.711. The number of aromatic nitrogens is 2. The predicted octanol–water partition coefficient (Wildman–Crippen LogP) is 4.84. The van der Waals surface area contributed by atoms with E-state index < -0.39 is 0 Å². The molecule has 5 heteroatoms. The normalized spacial score (nSPS) is 13.1. The van der Waals surface area contributed by atoms with E-state index >= 15 is 0 Å². The molecule has 0 aliphatic heterocycles. The second-order valence-electron chi connectivity index (χ2n) is 4.57. The van der Waals surface area contributed by atoms with Crippen LogP contribution in [0.4, 0.5) is 0 Å². The largest absolute Gasteiger partial charge is 0.371 e. The Kier molecular flexibility index (Phi) is 4.76. The highest BCUT2D eigenvalue weighted by Gasteiger charge is 2.19. The Morgan fingerprint density at radius 1 is 1.26 bits per heavy atom. The van der Waals surface area contributed by atoms with Gasteiger partial charge in [0.05, 0.1) is 5.39 Å². The summed E-state index contributed by atoms with van der Waals surface area (Å²) in [5.41, 5.74) is 1.18. The van der Waals surface area contributed by atoms with Crippen molar-refractivity contribution in [2.75, 3.05) is 6.61 Å². The van der Waals surface area contributed by atoms with E-state index in [-0.39, 0.29) is 6.10 Å². The first-order valence-corrected chi connectivity index (χ1v) is 7.82. The maximum absolute atomic E-state index is 6.33. The number of rotatable bonds is 5. The van der Waals surface area contributed by atoms with Crippen molar-refractivity contribution in [1.82, 2.24) is 9.97 Å². The number of halogens is 1. The molecule has 0 saturated carbocycles. The molecule has 0 aliphatic carbocycles. The van der Waals surface area contributed by atoms with E-state index in [1.165, 1.54) is 10.4 Å². The molecule has 2 heterocycles. The third-order valence-electron chi connectivity index (χ3n) is 3.21. The lowest BCUT2D eigenvalue weighted by atomic mass is 10.2. The van der Waals surface area contributed by atoms with Crippen LogP contribution in [0.15, 0.2) is 0 Å². The second-order valence-corrected chi connectivity index (χ2v) is 6.13. The molecule has 2 aromatic heterocycles. The number of aryl methyl sites for hydroxylation is 2. The molecule has 0 saturated heterocycles. The Morgan fingerprint density at radius 2 is 2.00 bits per heavy atom. The summed E-state index contributed by atoms with van der Waals surface area (Å²) < 4.78 is 5.73. The number of nitrogens with zero attached hydrogens (tertiary/aromatic N) is 2. The fourth-order valence-corrected chi connectivity index (χ4v) is 3.52. The molecule has 0 bridgehead atoms. The van der Waals surface area contributed by atoms with Crippen LogP contribution in [0.25, 0.3) is 10.2 Å². The average molecular weight is 299 g/mol. The van der Waals surface area contributed by atoms with E-state index in [9.17, 15) is 0 Å². The number of ether oxygens (including phenoxy) is 1. The zero-order valence-corrected chi connectivity index (χ0v) is 13.4. The number of hydrogen-bond donors (Lipinski definition) is 0. The molecule has 0 N–H and O–H groups in total. The van der Waals surface area contributed by atoms with Crippen molar-refractivity contribution in [2.45, 2.75) is 46.6 Å². The van der Waals surface area contributed by atoms with E-state index in [2.05, 4.69) is 30.7 Å². The fourth-order valence-electron chi connectivity index (χ4n) is 2.11. The molecule has 0 amide bonds. The summed E-state index contributed by atoms with van der Waals surface area (Å²) in [6.45, 7) is 8.93. The lowest BCUT2D eigenvalue weighted by Crippen LogP contribution is -2.08. The maximum Gasteiger partial charge on any atom is 0.160 e. The standard InChI is InChI=1S/C14H19ClN2OS/c1-5-7-10(18-6-2)13-16-12(15)11-8(3)9(4)19-14(11)17-13/h10H,5-7H2,1-4H3. The van der Waals surface area contributed by atoms with E-state index in [1.54, 1.807) is 11.3 Å². The van der Waals surface area contributed by atoms with E-state index in [0.717, 1.165) is 23.1 Å². The Labute approximate surface area is 123 Å². The summed E-state index contributed by atoms with van der Waals surface area (Å²) >= 11 is 7.99. The number of thiophene rings is 1. The molecule has 0 spiro atoms. The molecule has 0 radical (unpaired) electrons. The van der Waals surface area contributed by atoms with Gasteiger partial charge in [-0.25, -0.2) is 9.97 Å². The summed E-state index contributed by atoms with van der Waals surface area (Å²) in [7, 11) is 0. The highest BCUT2D eigenvalue weighted by Crippen LogP contribution is 2.34. The van der Waals surface area contributed by atoms with Crippen molar-refractivity contribution in [3.05, 3.63) is 21.4 Å². The first kappa shape index (κ1) is 14.7. The maximum atomic E-state index is 6.33. The van der Waals surface area contributed by atoms with Crippen molar-refractivity contribution in [3.63, 3.8) is 0 Å². The molecule has 1 atom stereocenters. The molecule has 2 rings (SSSR count). The summed E-state index contributed by atoms with van der Waals surface area (Å²) in [4.78, 5) is 11.3. The van der Waals surface area contributed by atoms with Crippen LogP contribution in [-0.2, 0) is 4.74 Å². The van der Waals surface area contributed by atoms with Crippen LogP contribution >= 0.6 is 22.9 Å². The first-order valence-electron chi connectivity index (χ1n) is 6.63. The highest BCUT2D eigenvalue weighted by atomic mass is 35.5. The third kappa shape index (κ3) is 2.91. The van der Waals surface area contributed by atoms with Gasteiger partial charge in [-0.1, -0.05) is 24.9 Å². The molecular formula is C14H19ClN2OS. The van der Waals surface area contributed by atoms with Gasteiger partial charge in [0.25, 0.3) is 0 Å². The molecule has 3 nitrogen and oxygen atoms in total. The minimum Gasteiger partial charge on any atom is -0.371 e. The van der Waals surface area contributed by atoms with Crippen LogP contribution in [0, 0.1) is 13.8 Å². The Bertz CT molecular complexity index is 576. The average Bonchev–Trinajstić information content (AvgIpc) is 2.65. The first-order chi connectivity index (χ1) is 9.08. The van der Waals surface area contributed by atoms with Crippen molar-refractivity contribution in [1.29, 1.82) is 0 Å². The molecule has 2 aromatic rings. The summed E-state index contributed by atoms with van der Waals surface area (Å²) in [6, 6.07) is 0. The minimum atomic E-state index is -0.0559. The lowest BCUT2D eigenvalue weighted by molar-refractivity contribution is 0.0497. The zero-order valence-electron chi connectivity index (χ0n) is 11.8. The Morgan fingerprint density at radius 3 is 2.63 bits per heavy atom. The molecule has 19 heavy (non-hydrogen) atoms. The molecule has 104 valence electrons. The summed E-state index contributed by atoms with van der Waals surface area (Å²) in [6.07, 6.45) is 1.89. The van der Waals surface area contributed by atoms with Crippen LogP contribution in [0.2, 0.25) is 5.15 Å². The molecule has 0 aliphatic rings. The van der Waals surface area contributed by atoms with Gasteiger partial charge < -0.3 is 4.74 Å². The Balaban J connectivity index is 2.50. The van der Waals surface area contributed by atoms with Crippen LogP contribution in [0.1, 0.15) is 49.1 Å². The zero-order chi connectivity index (χ0) is 14.0. The van der Waals surface area contributed by atoms with Gasteiger partial charge in [-0.3, -0.25) is 0 Å². The Hall–Kier alpha value is -0.710. The second kappa shape index (κ2) is 6.16. The topological polar surface area (TPSA) is 35.0 Å². The third-order valence-corrected chi connectivity index (χ3v) is 4.58. The van der Waals surface area contributed by atoms with Gasteiger partial charge in [-0.15, -0.1) is 11.3 Å². The van der Waals surface area contributed by atoms with Gasteiger partial charge in [0.15, 0.2) is 5.82 Å². The molecular weight excluding hydrogens is 280 g/mol. The molecule has 0 fully saturated rings. The number of fused-ring (bicyclic) bond motifs is 1. The van der Waals surface area contributed by atoms with Gasteiger partial charge in [0.1, 0.15) is 16.1 Å².